The molecule has 2 aromatic heterocycles. The zero-order valence-electron chi connectivity index (χ0n) is 14.8. The average molecular weight is 547 g/mol. The van der Waals surface area contributed by atoms with Crippen LogP contribution < -0.4 is 0 Å². The van der Waals surface area contributed by atoms with Crippen LogP contribution in [0.3, 0.4) is 0 Å². The first-order valence-corrected chi connectivity index (χ1v) is 6.97. The summed E-state index contributed by atoms with van der Waals surface area (Å²) in [5, 5.41) is 17.1. The molecule has 1 aromatic carbocycles. The summed E-state index contributed by atoms with van der Waals surface area (Å²) in [5.74, 6) is -2.46. The van der Waals surface area contributed by atoms with Crippen molar-refractivity contribution in [3.8, 4) is 11.4 Å². The Hall–Kier alpha value is -2.85. The fraction of sp³-hybridized carbons (Fsp3) is 0. The molecule has 0 amide bonds. The number of carboxylic acid groups (broad SMARTS) is 2. The number of carboxylic acids is 2. The van der Waals surface area contributed by atoms with E-state index < -0.39 is 11.9 Å². The minimum absolute atomic E-state index is 0. The molecule has 0 spiro atoms. The summed E-state index contributed by atoms with van der Waals surface area (Å²) in [7, 11) is 0. The van der Waals surface area contributed by atoms with Gasteiger partial charge in [-0.3, -0.25) is 9.97 Å². The van der Waals surface area contributed by atoms with Crippen molar-refractivity contribution >= 4 is 11.9 Å². The van der Waals surface area contributed by atoms with Gasteiger partial charge in [-0.1, -0.05) is 24.3 Å². The Balaban J connectivity index is 0. The van der Waals surface area contributed by atoms with Gasteiger partial charge < -0.3 is 25.1 Å². The molecule has 0 aliphatic heterocycles. The molecule has 27 heavy (non-hydrogen) atoms. The molecule has 2 N–H and O–H groups in total. The average Bonchev–Trinajstić information content (AvgIpc) is 2.63. The van der Waals surface area contributed by atoms with Gasteiger partial charge in [0, 0.05) is 12.4 Å². The van der Waals surface area contributed by atoms with Crippen LogP contribution in [0.2, 0.25) is 0 Å². The molecule has 6 nitrogen and oxygen atoms in total. The molecule has 0 aliphatic carbocycles. The maximum atomic E-state index is 10.5. The van der Waals surface area contributed by atoms with E-state index in [9.17, 15) is 9.59 Å². The van der Waals surface area contributed by atoms with Crippen molar-refractivity contribution in [2.75, 3.05) is 0 Å². The molecule has 0 saturated heterocycles. The van der Waals surface area contributed by atoms with E-state index >= 15 is 0 Å². The number of aromatic carboxylic acids is 2. The number of nitrogens with zero attached hydrogens (tertiary/aromatic N) is 2. The van der Waals surface area contributed by atoms with E-state index in [0.717, 1.165) is 11.4 Å². The standard InChI is InChI=1S/C10H8N2.C8H6O4.2CH3.Pt/c1-3-7-11-9(5-1)10-6-2-4-8-12-10;9-7(10)5-3-1-2-4-6(5)8(11)12;;;/h1-8H;1-4H,(H,9,10)(H,11,12);2*1H3;/q;;2*-1;+2. The number of pyridine rings is 2. The van der Waals surface area contributed by atoms with E-state index in [2.05, 4.69) is 9.97 Å². The Kier molecular flexibility index (Phi) is 13.1. The third-order valence-electron chi connectivity index (χ3n) is 2.98. The fourth-order valence-corrected chi connectivity index (χ4v) is 1.88. The van der Waals surface area contributed by atoms with Crippen molar-refractivity contribution in [1.82, 2.24) is 9.97 Å². The van der Waals surface area contributed by atoms with Crippen LogP contribution >= 0.6 is 0 Å². The number of hydrogen-bond acceptors (Lipinski definition) is 4. The van der Waals surface area contributed by atoms with Gasteiger partial charge in [-0.2, -0.15) is 0 Å². The van der Waals surface area contributed by atoms with Crippen LogP contribution in [-0.2, 0) is 21.1 Å². The van der Waals surface area contributed by atoms with Crippen molar-refractivity contribution < 1.29 is 40.9 Å². The molecule has 2 heterocycles. The third-order valence-corrected chi connectivity index (χ3v) is 2.98. The van der Waals surface area contributed by atoms with Crippen LogP contribution in [-0.4, -0.2) is 32.1 Å². The third kappa shape index (κ3) is 7.92. The van der Waals surface area contributed by atoms with Gasteiger partial charge in [-0.05, 0) is 36.4 Å². The van der Waals surface area contributed by atoms with Crippen molar-refractivity contribution in [3.05, 3.63) is 99.0 Å². The summed E-state index contributed by atoms with van der Waals surface area (Å²) in [4.78, 5) is 29.3. The van der Waals surface area contributed by atoms with E-state index in [4.69, 9.17) is 10.2 Å². The van der Waals surface area contributed by atoms with Crippen molar-refractivity contribution in [3.63, 3.8) is 0 Å². The van der Waals surface area contributed by atoms with E-state index in [1.165, 1.54) is 24.3 Å². The quantitative estimate of drug-likeness (QED) is 0.479. The fourth-order valence-electron chi connectivity index (χ4n) is 1.88. The summed E-state index contributed by atoms with van der Waals surface area (Å²) in [6, 6.07) is 17.1. The molecular formula is C20H20N2O4Pt. The molecule has 144 valence electrons. The van der Waals surface area contributed by atoms with Crippen molar-refractivity contribution in [2.24, 2.45) is 0 Å². The van der Waals surface area contributed by atoms with Crippen molar-refractivity contribution in [1.29, 1.82) is 0 Å². The topological polar surface area (TPSA) is 100 Å². The molecule has 0 aliphatic rings. The zero-order chi connectivity index (χ0) is 17.4. The number of carbonyl (C=O) groups is 2. The van der Waals surface area contributed by atoms with Gasteiger partial charge in [-0.15, -0.1) is 0 Å². The second-order valence-electron chi connectivity index (χ2n) is 4.59. The SMILES string of the molecule is O=C(O)c1ccccc1C(=O)O.[CH3-].[CH3-].[Pt+2].c1ccc(-c2ccccn2)nc1. The molecule has 3 aromatic rings. The Morgan fingerprint density at radius 3 is 1.22 bits per heavy atom. The Bertz CT molecular complexity index is 757. The summed E-state index contributed by atoms with van der Waals surface area (Å²) in [5.41, 5.74) is 1.45. The van der Waals surface area contributed by atoms with E-state index in [1.807, 2.05) is 36.4 Å². The second-order valence-corrected chi connectivity index (χ2v) is 4.59. The molecule has 0 radical (unpaired) electrons. The first-order chi connectivity index (χ1) is 11.6. The van der Waals surface area contributed by atoms with Gasteiger partial charge >= 0.3 is 33.0 Å². The Labute approximate surface area is 173 Å². The largest absolute Gasteiger partial charge is 2.00 e. The van der Waals surface area contributed by atoms with Gasteiger partial charge in [0.2, 0.25) is 0 Å². The molecule has 0 bridgehead atoms. The van der Waals surface area contributed by atoms with Gasteiger partial charge in [0.25, 0.3) is 0 Å². The van der Waals surface area contributed by atoms with Crippen LogP contribution in [0, 0.1) is 14.9 Å². The number of aromatic nitrogens is 2. The maximum absolute atomic E-state index is 10.5. The van der Waals surface area contributed by atoms with Gasteiger partial charge in [0.1, 0.15) is 0 Å². The molecule has 0 saturated carbocycles. The summed E-state index contributed by atoms with van der Waals surface area (Å²) in [6.45, 7) is 0. The van der Waals surface area contributed by atoms with Gasteiger partial charge in [-0.25, -0.2) is 9.59 Å². The van der Waals surface area contributed by atoms with Crippen LogP contribution in [0.15, 0.2) is 73.1 Å². The number of benzene rings is 1. The minimum Gasteiger partial charge on any atom is -0.478 e. The first-order valence-electron chi connectivity index (χ1n) is 6.97. The summed E-state index contributed by atoms with van der Waals surface area (Å²) >= 11 is 0. The molecule has 0 atom stereocenters. The van der Waals surface area contributed by atoms with Gasteiger partial charge in [0.15, 0.2) is 0 Å². The zero-order valence-corrected chi connectivity index (χ0v) is 17.1. The number of hydrogen-bond donors (Lipinski definition) is 2. The number of rotatable bonds is 3. The predicted octanol–water partition coefficient (Wildman–Crippen LogP) is 4.12. The first kappa shape index (κ1) is 26.4. The molecule has 3 rings (SSSR count). The Morgan fingerprint density at radius 2 is 0.963 bits per heavy atom. The molecular weight excluding hydrogens is 527 g/mol. The summed E-state index contributed by atoms with van der Waals surface area (Å²) in [6.07, 6.45) is 3.54. The van der Waals surface area contributed by atoms with E-state index in [-0.39, 0.29) is 47.0 Å². The van der Waals surface area contributed by atoms with Crippen LogP contribution in [0.25, 0.3) is 11.4 Å². The Morgan fingerprint density at radius 1 is 0.630 bits per heavy atom. The second kappa shape index (κ2) is 13.4. The molecule has 7 heteroatoms. The van der Waals surface area contributed by atoms with Crippen LogP contribution in [0.1, 0.15) is 20.7 Å². The van der Waals surface area contributed by atoms with Crippen molar-refractivity contribution in [2.45, 2.75) is 0 Å². The van der Waals surface area contributed by atoms with Gasteiger partial charge in [0.05, 0.1) is 22.5 Å². The monoisotopic (exact) mass is 547 g/mol. The smallest absolute Gasteiger partial charge is 0.478 e. The van der Waals surface area contributed by atoms with Crippen LogP contribution in [0.5, 0.6) is 0 Å². The predicted molar refractivity (Wildman–Crippen MR) is 101 cm³/mol. The summed E-state index contributed by atoms with van der Waals surface area (Å²) < 4.78 is 0. The van der Waals surface area contributed by atoms with Crippen LogP contribution in [0.4, 0.5) is 0 Å². The maximum Gasteiger partial charge on any atom is 2.00 e. The van der Waals surface area contributed by atoms with E-state index in [1.54, 1.807) is 12.4 Å². The molecule has 0 unspecified atom stereocenters. The molecule has 0 fully saturated rings. The minimum atomic E-state index is -1.23. The normalized spacial score (nSPS) is 8.44. The van der Waals surface area contributed by atoms with E-state index in [0.29, 0.717) is 0 Å².